The van der Waals surface area contributed by atoms with E-state index >= 15 is 0 Å². The van der Waals surface area contributed by atoms with Crippen LogP contribution in [-0.2, 0) is 75.3 Å². The molecule has 5 aromatic heterocycles. The van der Waals surface area contributed by atoms with Gasteiger partial charge in [-0.2, -0.15) is 10.1 Å². The van der Waals surface area contributed by atoms with E-state index < -0.39 is 42.0 Å². The average Bonchev–Trinajstić information content (AvgIpc) is 1.61. The molecule has 5 N–H and O–H groups in total. The van der Waals surface area contributed by atoms with Crippen molar-refractivity contribution < 1.29 is 62.0 Å². The highest BCUT2D eigenvalue weighted by molar-refractivity contribution is 6.38. The summed E-state index contributed by atoms with van der Waals surface area (Å²) in [5.74, 6) is -0.0328. The standard InChI is InChI=1S/C94H124N18O13/c1-60-13-8-7-9-14-62(3)82(120-6)51-74-15-12-17-81(122-74)85(115)89(117)111-32-11-10-16-77(111)90(118)123-72(25-18-61(2)48-64(5)79(114)52-78(113)63(4)47-60)26-20-65-21-27-73(28-22-65)124-94(119)110-34-31-75-71(58-110)55-99-93(103-75)108-41-37-106(38-42-108)44-46-121-45-43-105-35-39-107(40-36-105)92-97-53-70(54-98-92)88(116)109-33-30-67-49-66(19-23-69(67)57-109)56-112-87-83(86(95)100-59-101-87)84(104-112)68-24-29-80-76(50-68)102-91(96)125-80/h7-9,13-14,19,23-24,29,48-50,53-55,59-61,63,65,72-74,77,79,81-82,114H,10-12,15-18,20-22,25-28,30-47,51-52,56-58H2,1-6H3,(H2,96,102)(H2,95,100,101)/b9-7+,13-8+,62-14+,64-48+/t60-,61+,63-,65-,72+,73-,74?,77+,79+,81?,82+/m1/s1. The number of ketones is 2. The number of anilines is 4. The lowest BCUT2D eigenvalue weighted by Crippen LogP contribution is -2.54. The van der Waals surface area contributed by atoms with Crippen LogP contribution >= 0.6 is 0 Å². The van der Waals surface area contributed by atoms with E-state index in [0.29, 0.717) is 180 Å². The van der Waals surface area contributed by atoms with Gasteiger partial charge >= 0.3 is 12.1 Å². The van der Waals surface area contributed by atoms with Crippen LogP contribution in [0.5, 0.6) is 0 Å². The van der Waals surface area contributed by atoms with Crippen molar-refractivity contribution in [2.45, 2.75) is 219 Å². The fourth-order valence-electron chi connectivity index (χ4n) is 19.1. The minimum Gasteiger partial charge on any atom is -0.461 e. The van der Waals surface area contributed by atoms with Crippen molar-refractivity contribution >= 4 is 81.3 Å². The third kappa shape index (κ3) is 22.7. The highest BCUT2D eigenvalue weighted by atomic mass is 16.6. The molecule has 9 atom stereocenters. The maximum absolute atomic E-state index is 14.5. The topological polar surface area (TPSA) is 365 Å². The summed E-state index contributed by atoms with van der Waals surface area (Å²) < 4.78 is 38.5. The van der Waals surface area contributed by atoms with Crippen LogP contribution in [0.1, 0.15) is 182 Å². The van der Waals surface area contributed by atoms with E-state index in [1.807, 2.05) is 85.1 Å². The molecule has 2 aromatic carbocycles. The van der Waals surface area contributed by atoms with Crippen molar-refractivity contribution in [2.24, 2.45) is 23.7 Å². The molecule has 0 radical (unpaired) electrons. The SMILES string of the molecule is CO[C@H]1CC2CCCC(O2)C(=O)C(=O)N2CCCC[C@H]2C(=O)O[C@H](CC[C@H]2CC[C@H](OC(=O)N3CCc4nc(N5CCN(CCOCCN6CCN(c7ncc(C(=O)N8CCc9cc(Cn%10nc(-c%11ccc%12oc(N)nc%12c%11)c%11c(N)ncnc%11%10)ccc9C8)cn7)CC6)CC5)ncc4C3)CC2)CC[C@H](C)/C=C(\C)[C@@H](O)CC(=O)[C@H](C)C[C@H](C)/C=C/C=C/C=C/1C. The van der Waals surface area contributed by atoms with Crippen molar-refractivity contribution in [3.05, 3.63) is 142 Å². The number of oxazole rings is 1. The fraction of sp³-hybridized carbons (Fsp3) is 0.574. The van der Waals surface area contributed by atoms with Crippen molar-refractivity contribution in [1.82, 2.24) is 69.2 Å². The van der Waals surface area contributed by atoms with Gasteiger partial charge in [-0.15, -0.1) is 0 Å². The number of fused-ring (bicyclic) bond motifs is 7. The number of cyclic esters (lactones) is 1. The zero-order valence-electron chi connectivity index (χ0n) is 73.4. The number of carbonyl (C=O) groups is 6. The summed E-state index contributed by atoms with van der Waals surface area (Å²) >= 11 is 0. The number of rotatable bonds is 17. The second-order valence-corrected chi connectivity index (χ2v) is 35.8. The summed E-state index contributed by atoms with van der Waals surface area (Å²) in [7, 11) is 1.66. The summed E-state index contributed by atoms with van der Waals surface area (Å²) in [6, 6.07) is 11.1. The molecule has 1 saturated carbocycles. The van der Waals surface area contributed by atoms with Crippen molar-refractivity contribution in [3.63, 3.8) is 0 Å². The van der Waals surface area contributed by atoms with Gasteiger partial charge in [-0.1, -0.05) is 75.4 Å². The highest BCUT2D eigenvalue weighted by Gasteiger charge is 2.42. The molecule has 15 rings (SSSR count). The molecular weight excluding hydrogens is 1590 g/mol. The molecule has 1 aliphatic carbocycles. The van der Waals surface area contributed by atoms with Crippen LogP contribution in [-0.4, -0.2) is 258 Å². The average molecular weight is 1710 g/mol. The molecule has 2 bridgehead atoms. The summed E-state index contributed by atoms with van der Waals surface area (Å²) in [6.07, 6.45) is 27.1. The first-order valence-electron chi connectivity index (χ1n) is 45.4. The number of aliphatic hydroxyl groups is 1. The number of allylic oxidation sites excluding steroid dienone is 6. The van der Waals surface area contributed by atoms with Gasteiger partial charge in [0.1, 0.15) is 53.5 Å². The molecule has 125 heavy (non-hydrogen) atoms. The Bertz CT molecular complexity index is 5060. The van der Waals surface area contributed by atoms with Gasteiger partial charge in [-0.3, -0.25) is 29.0 Å². The number of ether oxygens (including phenoxy) is 5. The number of nitrogens with two attached hydrogens (primary N) is 2. The number of amides is 3. The predicted molar refractivity (Wildman–Crippen MR) is 474 cm³/mol. The summed E-state index contributed by atoms with van der Waals surface area (Å²) in [5.41, 5.74) is 22.9. The molecule has 4 saturated heterocycles. The summed E-state index contributed by atoms with van der Waals surface area (Å²) in [6.45, 7) is 22.2. The van der Waals surface area contributed by atoms with Crippen LogP contribution in [0, 0.1) is 23.7 Å². The lowest BCUT2D eigenvalue weighted by atomic mass is 9.83. The Kier molecular flexibility index (Phi) is 29.9. The van der Waals surface area contributed by atoms with Gasteiger partial charge in [0, 0.05) is 154 Å². The zero-order valence-corrected chi connectivity index (χ0v) is 73.4. The minimum absolute atomic E-state index is 0.00703. The number of benzene rings is 2. The van der Waals surface area contributed by atoms with Crippen LogP contribution in [0.3, 0.4) is 0 Å². The normalized spacial score (nSPS) is 26.9. The van der Waals surface area contributed by atoms with Gasteiger partial charge < -0.3 is 69.2 Å². The number of esters is 1. The summed E-state index contributed by atoms with van der Waals surface area (Å²) in [4.78, 5) is 131. The van der Waals surface area contributed by atoms with E-state index in [9.17, 15) is 33.9 Å². The van der Waals surface area contributed by atoms with Gasteiger partial charge in [-0.05, 0) is 180 Å². The number of methoxy groups -OCH3 is 1. The molecule has 8 aliphatic rings. The number of piperidine rings is 1. The molecule has 7 aliphatic heterocycles. The molecule has 0 spiro atoms. The van der Waals surface area contributed by atoms with Crippen LogP contribution in [0.2, 0.25) is 0 Å². The Labute approximate surface area is 731 Å². The van der Waals surface area contributed by atoms with Gasteiger partial charge in [0.25, 0.3) is 17.8 Å². The van der Waals surface area contributed by atoms with Crippen LogP contribution in [0.15, 0.2) is 113 Å². The Hall–Kier alpha value is -10.4. The number of carbonyl (C=O) groups excluding carboxylic acids is 6. The highest BCUT2D eigenvalue weighted by Crippen LogP contribution is 2.37. The Balaban J connectivity index is 0.459. The van der Waals surface area contributed by atoms with Gasteiger partial charge in [-0.25, -0.2) is 44.2 Å². The van der Waals surface area contributed by atoms with E-state index in [4.69, 9.17) is 54.6 Å². The number of aromatic nitrogens is 9. The lowest BCUT2D eigenvalue weighted by Gasteiger charge is -2.36. The molecule has 3 amide bonds. The monoisotopic (exact) mass is 1710 g/mol. The van der Waals surface area contributed by atoms with Gasteiger partial charge in [0.15, 0.2) is 11.2 Å². The maximum atomic E-state index is 14.5. The third-order valence-electron chi connectivity index (χ3n) is 26.7. The smallest absolute Gasteiger partial charge is 0.410 e. The quantitative estimate of drug-likeness (QED) is 0.0330. The molecule has 12 heterocycles. The number of nitrogens with zero attached hydrogens (tertiary/aromatic N) is 16. The van der Waals surface area contributed by atoms with Gasteiger partial charge in [0.05, 0.1) is 61.3 Å². The second-order valence-electron chi connectivity index (χ2n) is 35.8. The molecule has 2 unspecified atom stereocenters. The summed E-state index contributed by atoms with van der Waals surface area (Å²) in [5, 5.41) is 17.0. The molecule has 668 valence electrons. The van der Waals surface area contributed by atoms with Crippen molar-refractivity contribution in [2.75, 3.05) is 127 Å². The minimum atomic E-state index is -0.920. The number of hydrogen-bond donors (Lipinski definition) is 3. The Morgan fingerprint density at radius 1 is 0.672 bits per heavy atom. The third-order valence-corrected chi connectivity index (χ3v) is 26.7. The predicted octanol–water partition coefficient (Wildman–Crippen LogP) is 11.0. The van der Waals surface area contributed by atoms with Crippen LogP contribution < -0.4 is 21.3 Å². The number of aliphatic hydroxyl groups excluding tert-OH is 1. The second kappa shape index (κ2) is 41.8. The van der Waals surface area contributed by atoms with E-state index in [0.717, 1.165) is 143 Å². The number of Topliss-reactive ketones (excluding diaryl/α,β-unsaturated/α-hetero) is 2. The molecule has 7 aromatic rings. The van der Waals surface area contributed by atoms with Gasteiger partial charge in [0.2, 0.25) is 17.7 Å². The fourth-order valence-corrected chi connectivity index (χ4v) is 19.1. The van der Waals surface area contributed by atoms with Crippen LogP contribution in [0.25, 0.3) is 33.4 Å². The number of piperazine rings is 2. The maximum Gasteiger partial charge on any atom is 0.410 e. The molecule has 31 nitrogen and oxygen atoms in total. The first-order valence-corrected chi connectivity index (χ1v) is 45.4. The molecular formula is C94H124N18O13. The lowest BCUT2D eigenvalue weighted by molar-refractivity contribution is -0.167. The zero-order chi connectivity index (χ0) is 87.2. The number of nitrogen functional groups attached to an aromatic ring is 2. The number of hydrogen-bond acceptors (Lipinski definition) is 27. The molecule has 31 heteroatoms. The van der Waals surface area contributed by atoms with E-state index in [2.05, 4.69) is 82.6 Å². The van der Waals surface area contributed by atoms with Crippen molar-refractivity contribution in [3.8, 4) is 11.3 Å². The molecule has 5 fully saturated rings. The Morgan fingerprint density at radius 2 is 1.42 bits per heavy atom. The van der Waals surface area contributed by atoms with E-state index in [1.54, 1.807) is 24.4 Å². The van der Waals surface area contributed by atoms with Crippen molar-refractivity contribution in [1.29, 1.82) is 0 Å². The first kappa shape index (κ1) is 89.4. The first-order chi connectivity index (χ1) is 60.6. The largest absolute Gasteiger partial charge is 0.461 e. The van der Waals surface area contributed by atoms with E-state index in [-0.39, 0.29) is 72.8 Å². The van der Waals surface area contributed by atoms with E-state index in [1.165, 1.54) is 16.8 Å². The van der Waals surface area contributed by atoms with Crippen LogP contribution in [0.4, 0.5) is 28.5 Å². The Morgan fingerprint density at radius 3 is 2.18 bits per heavy atom.